The van der Waals surface area contributed by atoms with Crippen LogP contribution in [0.1, 0.15) is 32.6 Å². The first-order valence-corrected chi connectivity index (χ1v) is 8.02. The summed E-state index contributed by atoms with van der Waals surface area (Å²) in [6, 6.07) is -0.268. The van der Waals surface area contributed by atoms with Crippen molar-refractivity contribution in [1.82, 2.24) is 9.80 Å². The van der Waals surface area contributed by atoms with Gasteiger partial charge in [-0.2, -0.15) is 0 Å². The molecule has 0 saturated carbocycles. The van der Waals surface area contributed by atoms with Crippen LogP contribution in [0.4, 0.5) is 0 Å². The molecule has 2 amide bonds. The summed E-state index contributed by atoms with van der Waals surface area (Å²) >= 11 is 0. The van der Waals surface area contributed by atoms with Crippen molar-refractivity contribution in [1.29, 1.82) is 0 Å². The summed E-state index contributed by atoms with van der Waals surface area (Å²) in [5.41, 5.74) is 5.51. The fourth-order valence-corrected chi connectivity index (χ4v) is 3.11. The average Bonchev–Trinajstić information content (AvgIpc) is 3.01. The Labute approximate surface area is 126 Å². The predicted molar refractivity (Wildman–Crippen MR) is 79.6 cm³/mol. The molecular weight excluding hydrogens is 270 g/mol. The lowest BCUT2D eigenvalue weighted by Crippen LogP contribution is -2.51. The maximum Gasteiger partial charge on any atom is 0.245 e. The van der Waals surface area contributed by atoms with Gasteiger partial charge >= 0.3 is 0 Å². The smallest absolute Gasteiger partial charge is 0.245 e. The number of hydrogen-bond acceptors (Lipinski definition) is 4. The van der Waals surface area contributed by atoms with Crippen molar-refractivity contribution in [2.24, 2.45) is 11.7 Å². The van der Waals surface area contributed by atoms with Crippen molar-refractivity contribution in [2.75, 3.05) is 39.4 Å². The molecule has 2 saturated heterocycles. The van der Waals surface area contributed by atoms with E-state index in [0.29, 0.717) is 39.4 Å². The molecule has 2 atom stereocenters. The molecule has 2 heterocycles. The molecule has 2 aliphatic heterocycles. The number of amides is 2. The molecule has 6 heteroatoms. The Kier molecular flexibility index (Phi) is 5.99. The van der Waals surface area contributed by atoms with Gasteiger partial charge in [0.15, 0.2) is 0 Å². The molecular formula is C15H27N3O3. The molecule has 2 fully saturated rings. The second-order valence-corrected chi connectivity index (χ2v) is 5.96. The molecule has 0 aromatic rings. The molecule has 2 unspecified atom stereocenters. The number of ether oxygens (including phenoxy) is 1. The number of carbonyl (C=O) groups excluding carboxylic acids is 2. The Morgan fingerprint density at radius 3 is 2.67 bits per heavy atom. The van der Waals surface area contributed by atoms with Crippen molar-refractivity contribution in [3.05, 3.63) is 0 Å². The number of nitrogens with two attached hydrogens (primary N) is 1. The normalized spacial score (nSPS) is 24.2. The van der Waals surface area contributed by atoms with Gasteiger partial charge in [0, 0.05) is 25.6 Å². The number of nitrogens with zero attached hydrogens (tertiary/aromatic N) is 2. The molecule has 0 radical (unpaired) electrons. The van der Waals surface area contributed by atoms with Crippen LogP contribution in [0.5, 0.6) is 0 Å². The molecule has 0 bridgehead atoms. The summed E-state index contributed by atoms with van der Waals surface area (Å²) in [5, 5.41) is 0. The largest absolute Gasteiger partial charge is 0.378 e. The summed E-state index contributed by atoms with van der Waals surface area (Å²) in [7, 11) is 0. The highest BCUT2D eigenvalue weighted by Crippen LogP contribution is 2.23. The molecule has 120 valence electrons. The third-order valence-corrected chi connectivity index (χ3v) is 4.41. The second-order valence-electron chi connectivity index (χ2n) is 5.96. The average molecular weight is 297 g/mol. The summed E-state index contributed by atoms with van der Waals surface area (Å²) in [6.45, 7) is 5.71. The van der Waals surface area contributed by atoms with Gasteiger partial charge in [-0.05, 0) is 32.2 Å². The third kappa shape index (κ3) is 3.95. The summed E-state index contributed by atoms with van der Waals surface area (Å²) in [4.78, 5) is 28.8. The van der Waals surface area contributed by atoms with Crippen LogP contribution in [0.15, 0.2) is 0 Å². The lowest BCUT2D eigenvalue weighted by Gasteiger charge is -2.33. The number of carbonyl (C=O) groups is 2. The monoisotopic (exact) mass is 297 g/mol. The van der Waals surface area contributed by atoms with E-state index in [1.54, 1.807) is 4.90 Å². The third-order valence-electron chi connectivity index (χ3n) is 4.41. The van der Waals surface area contributed by atoms with E-state index in [1.165, 1.54) is 0 Å². The highest BCUT2D eigenvalue weighted by Gasteiger charge is 2.38. The van der Waals surface area contributed by atoms with Gasteiger partial charge in [0.25, 0.3) is 0 Å². The topological polar surface area (TPSA) is 75.9 Å². The van der Waals surface area contributed by atoms with Crippen molar-refractivity contribution in [3.63, 3.8) is 0 Å². The van der Waals surface area contributed by atoms with Crippen molar-refractivity contribution in [2.45, 2.75) is 38.6 Å². The van der Waals surface area contributed by atoms with E-state index >= 15 is 0 Å². The maximum absolute atomic E-state index is 12.6. The number of likely N-dealkylation sites (tertiary alicyclic amines) is 1. The Bertz CT molecular complexity index is 369. The lowest BCUT2D eigenvalue weighted by atomic mass is 10.0. The van der Waals surface area contributed by atoms with Gasteiger partial charge in [0.1, 0.15) is 6.04 Å². The summed E-state index contributed by atoms with van der Waals surface area (Å²) in [6.07, 6.45) is 3.34. The predicted octanol–water partition coefficient (Wildman–Crippen LogP) is 0.211. The van der Waals surface area contributed by atoms with Gasteiger partial charge < -0.3 is 20.3 Å². The molecule has 0 spiro atoms. The Balaban J connectivity index is 1.95. The SMILES string of the molecule is CC(CCCN)C(=O)N1CCCC1C(=O)N1CCOCC1. The first kappa shape index (κ1) is 16.2. The first-order valence-electron chi connectivity index (χ1n) is 8.02. The van der Waals surface area contributed by atoms with E-state index in [0.717, 1.165) is 25.7 Å². The molecule has 2 rings (SSSR count). The Morgan fingerprint density at radius 1 is 1.29 bits per heavy atom. The van der Waals surface area contributed by atoms with E-state index in [9.17, 15) is 9.59 Å². The van der Waals surface area contributed by atoms with Crippen molar-refractivity contribution in [3.8, 4) is 0 Å². The summed E-state index contributed by atoms with van der Waals surface area (Å²) < 4.78 is 5.28. The zero-order valence-electron chi connectivity index (χ0n) is 12.9. The van der Waals surface area contributed by atoms with Crippen LogP contribution in [0, 0.1) is 5.92 Å². The van der Waals surface area contributed by atoms with Gasteiger partial charge in [-0.3, -0.25) is 9.59 Å². The minimum atomic E-state index is -0.268. The highest BCUT2D eigenvalue weighted by atomic mass is 16.5. The standard InChI is InChI=1S/C15H27N3O3/c1-12(4-2-6-16)14(19)18-7-3-5-13(18)15(20)17-8-10-21-11-9-17/h12-13H,2-11,16H2,1H3. The zero-order chi connectivity index (χ0) is 15.2. The molecule has 2 N–H and O–H groups in total. The number of hydrogen-bond donors (Lipinski definition) is 1. The van der Waals surface area contributed by atoms with Crippen molar-refractivity contribution < 1.29 is 14.3 Å². The van der Waals surface area contributed by atoms with Gasteiger partial charge in [-0.15, -0.1) is 0 Å². The minimum Gasteiger partial charge on any atom is -0.378 e. The lowest BCUT2D eigenvalue weighted by molar-refractivity contribution is -0.148. The van der Waals surface area contributed by atoms with Gasteiger partial charge in [0.05, 0.1) is 13.2 Å². The molecule has 0 aliphatic carbocycles. The van der Waals surface area contributed by atoms with E-state index in [2.05, 4.69) is 0 Å². The van der Waals surface area contributed by atoms with E-state index in [-0.39, 0.29) is 23.8 Å². The van der Waals surface area contributed by atoms with Crippen LogP contribution in [0.2, 0.25) is 0 Å². The van der Waals surface area contributed by atoms with Gasteiger partial charge in [-0.25, -0.2) is 0 Å². The number of morpholine rings is 1. The van der Waals surface area contributed by atoms with Crippen LogP contribution >= 0.6 is 0 Å². The van der Waals surface area contributed by atoms with Crippen LogP contribution in [0.3, 0.4) is 0 Å². The molecule has 0 aromatic heterocycles. The molecule has 6 nitrogen and oxygen atoms in total. The van der Waals surface area contributed by atoms with Gasteiger partial charge in [0.2, 0.25) is 11.8 Å². The molecule has 0 aromatic carbocycles. The first-order chi connectivity index (χ1) is 10.1. The fraction of sp³-hybridized carbons (Fsp3) is 0.867. The van der Waals surface area contributed by atoms with Crippen molar-refractivity contribution >= 4 is 11.8 Å². The van der Waals surface area contributed by atoms with Crippen LogP contribution in [-0.2, 0) is 14.3 Å². The van der Waals surface area contributed by atoms with Crippen LogP contribution < -0.4 is 5.73 Å². The minimum absolute atomic E-state index is 0.0494. The summed E-state index contributed by atoms with van der Waals surface area (Å²) in [5.74, 6) is 0.148. The number of rotatable bonds is 5. The quantitative estimate of drug-likeness (QED) is 0.787. The van der Waals surface area contributed by atoms with Gasteiger partial charge in [-0.1, -0.05) is 6.92 Å². The molecule has 21 heavy (non-hydrogen) atoms. The van der Waals surface area contributed by atoms with E-state index < -0.39 is 0 Å². The Morgan fingerprint density at radius 2 is 2.00 bits per heavy atom. The zero-order valence-corrected chi connectivity index (χ0v) is 12.9. The molecule has 2 aliphatic rings. The maximum atomic E-state index is 12.6. The second kappa shape index (κ2) is 7.75. The van der Waals surface area contributed by atoms with Crippen LogP contribution in [-0.4, -0.2) is 67.0 Å². The Hall–Kier alpha value is -1.14. The van der Waals surface area contributed by atoms with Crippen LogP contribution in [0.25, 0.3) is 0 Å². The fourth-order valence-electron chi connectivity index (χ4n) is 3.11. The van der Waals surface area contributed by atoms with E-state index in [1.807, 2.05) is 11.8 Å². The highest BCUT2D eigenvalue weighted by molar-refractivity contribution is 5.89. The van der Waals surface area contributed by atoms with E-state index in [4.69, 9.17) is 10.5 Å².